The van der Waals surface area contributed by atoms with E-state index in [1.807, 2.05) is 6.07 Å². The lowest BCUT2D eigenvalue weighted by molar-refractivity contribution is 0.248. The van der Waals surface area contributed by atoms with Crippen molar-refractivity contribution in [2.75, 3.05) is 13.1 Å². The summed E-state index contributed by atoms with van der Waals surface area (Å²) < 4.78 is 14.6. The predicted octanol–water partition coefficient (Wildman–Crippen LogP) is 4.55. The molecule has 1 nitrogen and oxygen atoms in total. The van der Waals surface area contributed by atoms with E-state index in [4.69, 9.17) is 0 Å². The quantitative estimate of drug-likeness (QED) is 0.750. The second kappa shape index (κ2) is 5.76. The third-order valence-electron chi connectivity index (χ3n) is 4.96. The SMILES string of the molecule is CCCNCC1(Cc2cc(F)ccc2Br)CC2CC2C1. The van der Waals surface area contributed by atoms with Crippen molar-refractivity contribution in [1.29, 1.82) is 0 Å². The van der Waals surface area contributed by atoms with Crippen molar-refractivity contribution in [1.82, 2.24) is 5.32 Å². The fraction of sp³-hybridized carbons (Fsp3) is 0.647. The predicted molar refractivity (Wildman–Crippen MR) is 84.2 cm³/mol. The van der Waals surface area contributed by atoms with Crippen molar-refractivity contribution < 1.29 is 4.39 Å². The van der Waals surface area contributed by atoms with E-state index in [-0.39, 0.29) is 5.82 Å². The van der Waals surface area contributed by atoms with Crippen LogP contribution in [0, 0.1) is 23.1 Å². The minimum Gasteiger partial charge on any atom is -0.316 e. The maximum atomic E-state index is 13.5. The van der Waals surface area contributed by atoms with Gasteiger partial charge in [0, 0.05) is 11.0 Å². The van der Waals surface area contributed by atoms with Gasteiger partial charge in [-0.05, 0) is 79.7 Å². The molecule has 2 atom stereocenters. The molecule has 2 unspecified atom stereocenters. The molecule has 0 aromatic heterocycles. The minimum atomic E-state index is -0.122. The van der Waals surface area contributed by atoms with Crippen molar-refractivity contribution in [2.45, 2.75) is 39.0 Å². The number of hydrogen-bond donors (Lipinski definition) is 1. The largest absolute Gasteiger partial charge is 0.316 e. The molecule has 0 heterocycles. The Morgan fingerprint density at radius 1 is 1.35 bits per heavy atom. The second-order valence-corrected chi connectivity index (χ2v) is 7.61. The van der Waals surface area contributed by atoms with Gasteiger partial charge in [-0.3, -0.25) is 0 Å². The van der Waals surface area contributed by atoms with Gasteiger partial charge in [0.25, 0.3) is 0 Å². The summed E-state index contributed by atoms with van der Waals surface area (Å²) in [4.78, 5) is 0. The van der Waals surface area contributed by atoms with E-state index < -0.39 is 0 Å². The zero-order chi connectivity index (χ0) is 14.2. The molecule has 3 heteroatoms. The first-order valence-electron chi connectivity index (χ1n) is 7.76. The van der Waals surface area contributed by atoms with Gasteiger partial charge >= 0.3 is 0 Å². The molecule has 0 saturated heterocycles. The van der Waals surface area contributed by atoms with Gasteiger partial charge in [-0.15, -0.1) is 0 Å². The summed E-state index contributed by atoms with van der Waals surface area (Å²) in [6.07, 6.45) is 6.23. The topological polar surface area (TPSA) is 12.0 Å². The number of benzene rings is 1. The number of fused-ring (bicyclic) bond motifs is 1. The van der Waals surface area contributed by atoms with E-state index in [1.54, 1.807) is 6.07 Å². The van der Waals surface area contributed by atoms with Crippen LogP contribution in [0.25, 0.3) is 0 Å². The average molecular weight is 340 g/mol. The van der Waals surface area contributed by atoms with Gasteiger partial charge in [0.1, 0.15) is 5.82 Å². The molecule has 0 aliphatic heterocycles. The summed E-state index contributed by atoms with van der Waals surface area (Å²) in [5, 5.41) is 3.60. The summed E-state index contributed by atoms with van der Waals surface area (Å²) in [6, 6.07) is 5.07. The smallest absolute Gasteiger partial charge is 0.123 e. The normalized spacial score (nSPS) is 31.4. The lowest BCUT2D eigenvalue weighted by atomic mass is 9.77. The zero-order valence-corrected chi connectivity index (χ0v) is 13.7. The van der Waals surface area contributed by atoms with E-state index in [0.717, 1.165) is 41.4 Å². The molecule has 2 saturated carbocycles. The first-order chi connectivity index (χ1) is 9.62. The van der Waals surface area contributed by atoms with Crippen LogP contribution in [0.5, 0.6) is 0 Å². The van der Waals surface area contributed by atoms with E-state index in [9.17, 15) is 4.39 Å². The third kappa shape index (κ3) is 3.09. The highest BCUT2D eigenvalue weighted by Gasteiger charge is 2.53. The molecule has 1 aromatic rings. The van der Waals surface area contributed by atoms with Crippen LogP contribution in [-0.2, 0) is 6.42 Å². The van der Waals surface area contributed by atoms with Crippen molar-refractivity contribution in [3.8, 4) is 0 Å². The fourth-order valence-corrected chi connectivity index (χ4v) is 4.36. The Labute approximate surface area is 129 Å². The summed E-state index contributed by atoms with van der Waals surface area (Å²) in [5.74, 6) is 1.78. The van der Waals surface area contributed by atoms with Crippen molar-refractivity contribution in [2.24, 2.45) is 17.3 Å². The lowest BCUT2D eigenvalue weighted by Gasteiger charge is -2.32. The molecule has 1 N–H and O–H groups in total. The van der Waals surface area contributed by atoms with Crippen LogP contribution < -0.4 is 5.32 Å². The molecule has 2 aliphatic rings. The van der Waals surface area contributed by atoms with E-state index >= 15 is 0 Å². The second-order valence-electron chi connectivity index (χ2n) is 6.75. The number of hydrogen-bond acceptors (Lipinski definition) is 1. The number of rotatable bonds is 6. The Hall–Kier alpha value is -0.410. The van der Waals surface area contributed by atoms with Gasteiger partial charge in [-0.2, -0.15) is 0 Å². The lowest BCUT2D eigenvalue weighted by Crippen LogP contribution is -2.35. The van der Waals surface area contributed by atoms with Gasteiger partial charge in [0.05, 0.1) is 0 Å². The molecule has 1 aromatic carbocycles. The molecular formula is C17H23BrFN. The van der Waals surface area contributed by atoms with Crippen molar-refractivity contribution >= 4 is 15.9 Å². The highest BCUT2D eigenvalue weighted by atomic mass is 79.9. The van der Waals surface area contributed by atoms with Gasteiger partial charge in [0.15, 0.2) is 0 Å². The Morgan fingerprint density at radius 2 is 2.10 bits per heavy atom. The monoisotopic (exact) mass is 339 g/mol. The number of nitrogens with one attached hydrogen (secondary N) is 1. The van der Waals surface area contributed by atoms with Gasteiger partial charge in [-0.25, -0.2) is 4.39 Å². The molecule has 0 radical (unpaired) electrons. The van der Waals surface area contributed by atoms with Crippen LogP contribution in [0.15, 0.2) is 22.7 Å². The highest BCUT2D eigenvalue weighted by Crippen LogP contribution is 2.60. The van der Waals surface area contributed by atoms with Crippen LogP contribution >= 0.6 is 15.9 Å². The number of halogens is 2. The zero-order valence-electron chi connectivity index (χ0n) is 12.1. The summed E-state index contributed by atoms with van der Waals surface area (Å²) in [5.41, 5.74) is 1.48. The molecule has 2 aliphatic carbocycles. The van der Waals surface area contributed by atoms with E-state index in [0.29, 0.717) is 5.41 Å². The van der Waals surface area contributed by atoms with Crippen LogP contribution in [0.1, 0.15) is 38.2 Å². The Morgan fingerprint density at radius 3 is 2.80 bits per heavy atom. The van der Waals surface area contributed by atoms with Crippen molar-refractivity contribution in [3.05, 3.63) is 34.1 Å². The third-order valence-corrected chi connectivity index (χ3v) is 5.73. The van der Waals surface area contributed by atoms with Crippen LogP contribution in [0.3, 0.4) is 0 Å². The van der Waals surface area contributed by atoms with Gasteiger partial charge in [0.2, 0.25) is 0 Å². The van der Waals surface area contributed by atoms with Crippen molar-refractivity contribution in [3.63, 3.8) is 0 Å². The Kier molecular flexibility index (Phi) is 4.19. The molecule has 0 spiro atoms. The maximum Gasteiger partial charge on any atom is 0.123 e. The minimum absolute atomic E-state index is 0.122. The van der Waals surface area contributed by atoms with E-state index in [2.05, 4.69) is 28.2 Å². The first-order valence-corrected chi connectivity index (χ1v) is 8.56. The Balaban J connectivity index is 1.74. The Bertz CT molecular complexity index is 478. The molecule has 2 fully saturated rings. The molecular weight excluding hydrogens is 317 g/mol. The molecule has 3 rings (SSSR count). The summed E-state index contributed by atoms with van der Waals surface area (Å²) in [6.45, 7) is 4.37. The standard InChI is InChI=1S/C17H23BrFN/c1-2-5-20-11-17(8-12-6-13(12)9-17)10-14-7-15(19)3-4-16(14)18/h3-4,7,12-13,20H,2,5-6,8-11H2,1H3. The fourth-order valence-electron chi connectivity index (χ4n) is 3.97. The summed E-state index contributed by atoms with van der Waals surface area (Å²) >= 11 is 3.58. The van der Waals surface area contributed by atoms with Crippen LogP contribution in [0.2, 0.25) is 0 Å². The first kappa shape index (κ1) is 14.5. The summed E-state index contributed by atoms with van der Waals surface area (Å²) in [7, 11) is 0. The molecule has 20 heavy (non-hydrogen) atoms. The average Bonchev–Trinajstić information content (AvgIpc) is 3.03. The van der Waals surface area contributed by atoms with E-state index in [1.165, 1.54) is 31.7 Å². The molecule has 110 valence electrons. The van der Waals surface area contributed by atoms with Gasteiger partial charge in [-0.1, -0.05) is 22.9 Å². The highest BCUT2D eigenvalue weighted by molar-refractivity contribution is 9.10. The van der Waals surface area contributed by atoms with Crippen LogP contribution in [-0.4, -0.2) is 13.1 Å². The van der Waals surface area contributed by atoms with Gasteiger partial charge < -0.3 is 5.32 Å². The molecule has 0 amide bonds. The van der Waals surface area contributed by atoms with Crippen LogP contribution in [0.4, 0.5) is 4.39 Å². The molecule has 0 bridgehead atoms. The maximum absolute atomic E-state index is 13.5.